The maximum atomic E-state index is 12.9. The number of ether oxygens (including phenoxy) is 8. The third kappa shape index (κ3) is 8.87. The number of carbonyl (C=O) groups excluding carboxylic acids is 4. The average molecular weight is 650 g/mol. The van der Waals surface area contributed by atoms with E-state index in [9.17, 15) is 24.4 Å². The monoisotopic (exact) mass is 649 g/mol. The molecule has 46 heavy (non-hydrogen) atoms. The van der Waals surface area contributed by atoms with E-state index in [4.69, 9.17) is 37.9 Å². The maximum absolute atomic E-state index is 12.9. The molecule has 1 saturated heterocycles. The first kappa shape index (κ1) is 35.6. The van der Waals surface area contributed by atoms with E-state index in [1.54, 1.807) is 62.3 Å². The zero-order chi connectivity index (χ0) is 34.4. The molecule has 1 fully saturated rings. The highest BCUT2D eigenvalue weighted by atomic mass is 16.8. The first-order valence-corrected chi connectivity index (χ1v) is 14.5. The van der Waals surface area contributed by atoms with Crippen molar-refractivity contribution < 1.29 is 57.1 Å². The number of nitriles is 1. The summed E-state index contributed by atoms with van der Waals surface area (Å²) in [6.07, 6.45) is -9.59. The number of amides is 1. The fourth-order valence-corrected chi connectivity index (χ4v) is 4.31. The Morgan fingerprint density at radius 3 is 2.13 bits per heavy atom. The Bertz CT molecular complexity index is 1460. The van der Waals surface area contributed by atoms with E-state index in [0.717, 1.165) is 6.33 Å². The smallest absolute Gasteiger partial charge is 0.444 e. The quantitative estimate of drug-likeness (QED) is 0.290. The Morgan fingerprint density at radius 1 is 0.978 bits per heavy atom. The summed E-state index contributed by atoms with van der Waals surface area (Å²) in [5.74, 6) is 0.0166. The van der Waals surface area contributed by atoms with Crippen molar-refractivity contribution in [3.8, 4) is 6.07 Å². The summed E-state index contributed by atoms with van der Waals surface area (Å²) in [6, 6.07) is 4.90. The number of hydrogen-bond acceptors (Lipinski definition) is 15. The van der Waals surface area contributed by atoms with Gasteiger partial charge in [-0.15, -0.1) is 0 Å². The average Bonchev–Trinajstić information content (AvgIpc) is 3.46. The SMILES string of the molecule is CC(C)OC(=O)OC[C@H]1O[C@@](C#N)(c2ccc3c(NC(=O)OC(C)(C)C)ncnn23)[C@H](OC(=O)OC(C)C)[C@@H]1OC(=O)OC(C)C. The standard InChI is InChI=1S/C29H39N5O12/c1-15(2)40-25(36)39-12-19-21(43-26(37)41-16(3)4)22(44-27(38)42-17(5)6)29(13-30,45-19)20-11-10-18-23(31-14-32-34(18)20)33-24(35)46-28(7,8)9/h10-11,14-17,19,21-22H,12H2,1-9H3,(H,31,32,33,35)/t19-,21-,22-,29+/m1/s1. The molecule has 3 heterocycles. The number of hydrogen-bond donors (Lipinski definition) is 1. The highest BCUT2D eigenvalue weighted by Crippen LogP contribution is 2.44. The van der Waals surface area contributed by atoms with E-state index in [2.05, 4.69) is 15.4 Å². The molecule has 252 valence electrons. The molecule has 1 amide bonds. The molecule has 2 aromatic heterocycles. The normalized spacial score (nSPS) is 21.1. The second-order valence-electron chi connectivity index (χ2n) is 11.9. The van der Waals surface area contributed by atoms with Crippen molar-refractivity contribution in [3.05, 3.63) is 24.2 Å². The Labute approximate surface area is 265 Å². The first-order chi connectivity index (χ1) is 21.5. The summed E-state index contributed by atoms with van der Waals surface area (Å²) < 4.78 is 44.3. The van der Waals surface area contributed by atoms with Gasteiger partial charge in [0.1, 0.15) is 36.2 Å². The summed E-state index contributed by atoms with van der Waals surface area (Å²) in [5.41, 5.74) is -2.90. The van der Waals surface area contributed by atoms with Gasteiger partial charge in [-0.3, -0.25) is 5.32 Å². The number of fused-ring (bicyclic) bond motifs is 1. The molecule has 0 bridgehead atoms. The zero-order valence-corrected chi connectivity index (χ0v) is 27.1. The third-order valence-corrected chi connectivity index (χ3v) is 5.84. The van der Waals surface area contributed by atoms with Gasteiger partial charge in [0.2, 0.25) is 5.60 Å². The van der Waals surface area contributed by atoms with Gasteiger partial charge >= 0.3 is 24.6 Å². The lowest BCUT2D eigenvalue weighted by molar-refractivity contribution is -0.0829. The zero-order valence-electron chi connectivity index (χ0n) is 27.1. The van der Waals surface area contributed by atoms with Crippen molar-refractivity contribution in [2.75, 3.05) is 11.9 Å². The second-order valence-corrected chi connectivity index (χ2v) is 11.9. The lowest BCUT2D eigenvalue weighted by atomic mass is 9.92. The molecule has 0 aromatic carbocycles. The van der Waals surface area contributed by atoms with Gasteiger partial charge in [0, 0.05) is 0 Å². The Kier molecular flexibility index (Phi) is 11.2. The molecule has 0 unspecified atom stereocenters. The van der Waals surface area contributed by atoms with Crippen LogP contribution >= 0.6 is 0 Å². The molecule has 0 aliphatic carbocycles. The lowest BCUT2D eigenvalue weighted by Crippen LogP contribution is -2.46. The Hall–Kier alpha value is -4.85. The van der Waals surface area contributed by atoms with Gasteiger partial charge in [0.05, 0.1) is 24.0 Å². The topological polar surface area (TPSA) is 208 Å². The van der Waals surface area contributed by atoms with Gasteiger partial charge in [-0.25, -0.2) is 28.7 Å². The van der Waals surface area contributed by atoms with Crippen LogP contribution in [0.3, 0.4) is 0 Å². The third-order valence-electron chi connectivity index (χ3n) is 5.84. The lowest BCUT2D eigenvalue weighted by Gasteiger charge is -2.28. The minimum absolute atomic E-state index is 0.0166. The van der Waals surface area contributed by atoms with Crippen molar-refractivity contribution in [2.24, 2.45) is 0 Å². The number of nitrogens with zero attached hydrogens (tertiary/aromatic N) is 4. The van der Waals surface area contributed by atoms with Crippen LogP contribution in [-0.4, -0.2) is 88.0 Å². The predicted octanol–water partition coefficient (Wildman–Crippen LogP) is 4.62. The summed E-state index contributed by atoms with van der Waals surface area (Å²) in [6.45, 7) is 14.0. The molecular formula is C29H39N5O12. The van der Waals surface area contributed by atoms with Gasteiger partial charge in [0.15, 0.2) is 18.0 Å². The van der Waals surface area contributed by atoms with E-state index in [1.807, 2.05) is 6.07 Å². The molecule has 4 atom stereocenters. The van der Waals surface area contributed by atoms with Crippen LogP contribution in [0.25, 0.3) is 5.52 Å². The second kappa shape index (κ2) is 14.5. The number of carbonyl (C=O) groups is 4. The van der Waals surface area contributed by atoms with Crippen LogP contribution in [0.4, 0.5) is 25.0 Å². The molecule has 17 heteroatoms. The van der Waals surface area contributed by atoms with Gasteiger partial charge < -0.3 is 37.9 Å². The van der Waals surface area contributed by atoms with Crippen molar-refractivity contribution in [1.82, 2.24) is 14.6 Å². The predicted molar refractivity (Wildman–Crippen MR) is 156 cm³/mol. The molecule has 1 aliphatic heterocycles. The van der Waals surface area contributed by atoms with Gasteiger partial charge in [-0.2, -0.15) is 10.4 Å². The number of anilines is 1. The van der Waals surface area contributed by atoms with Gasteiger partial charge in [-0.1, -0.05) is 0 Å². The van der Waals surface area contributed by atoms with Crippen LogP contribution in [0.1, 0.15) is 68.0 Å². The van der Waals surface area contributed by atoms with Crippen LogP contribution in [0.15, 0.2) is 18.5 Å². The molecular weight excluding hydrogens is 610 g/mol. The maximum Gasteiger partial charge on any atom is 0.509 e. The highest BCUT2D eigenvalue weighted by molar-refractivity contribution is 5.89. The Balaban J connectivity index is 2.13. The van der Waals surface area contributed by atoms with Crippen molar-refractivity contribution in [2.45, 2.75) is 110 Å². The number of nitrogens with one attached hydrogen (secondary N) is 1. The minimum atomic E-state index is -2.27. The van der Waals surface area contributed by atoms with Crippen molar-refractivity contribution in [3.63, 3.8) is 0 Å². The van der Waals surface area contributed by atoms with E-state index < -0.39 is 79.0 Å². The fraction of sp³-hybridized carbons (Fsp3) is 0.621. The van der Waals surface area contributed by atoms with E-state index >= 15 is 0 Å². The molecule has 3 rings (SSSR count). The molecule has 0 radical (unpaired) electrons. The van der Waals surface area contributed by atoms with Crippen LogP contribution in [-0.2, 0) is 43.5 Å². The molecule has 2 aromatic rings. The summed E-state index contributed by atoms with van der Waals surface area (Å²) >= 11 is 0. The van der Waals surface area contributed by atoms with E-state index in [0.29, 0.717) is 0 Å². The first-order valence-electron chi connectivity index (χ1n) is 14.5. The number of rotatable bonds is 9. The fourth-order valence-electron chi connectivity index (χ4n) is 4.31. The molecule has 1 aliphatic rings. The molecule has 0 spiro atoms. The van der Waals surface area contributed by atoms with E-state index in [-0.39, 0.29) is 17.0 Å². The molecule has 1 N–H and O–H groups in total. The summed E-state index contributed by atoms with van der Waals surface area (Å²) in [5, 5.41) is 17.5. The van der Waals surface area contributed by atoms with Crippen LogP contribution in [0.5, 0.6) is 0 Å². The largest absolute Gasteiger partial charge is 0.509 e. The highest BCUT2D eigenvalue weighted by Gasteiger charge is 2.63. The minimum Gasteiger partial charge on any atom is -0.444 e. The van der Waals surface area contributed by atoms with E-state index in [1.165, 1.54) is 16.6 Å². The van der Waals surface area contributed by atoms with Crippen molar-refractivity contribution >= 4 is 35.9 Å². The van der Waals surface area contributed by atoms with Crippen molar-refractivity contribution in [1.29, 1.82) is 5.26 Å². The van der Waals surface area contributed by atoms with Gasteiger partial charge in [0.25, 0.3) is 0 Å². The van der Waals surface area contributed by atoms with Crippen LogP contribution in [0, 0.1) is 11.3 Å². The summed E-state index contributed by atoms with van der Waals surface area (Å²) in [4.78, 5) is 54.4. The van der Waals surface area contributed by atoms with Gasteiger partial charge in [-0.05, 0) is 74.4 Å². The molecule has 17 nitrogen and oxygen atoms in total. The molecule has 0 saturated carbocycles. The van der Waals surface area contributed by atoms with Crippen LogP contribution < -0.4 is 5.32 Å². The van der Waals surface area contributed by atoms with Crippen LogP contribution in [0.2, 0.25) is 0 Å². The summed E-state index contributed by atoms with van der Waals surface area (Å²) in [7, 11) is 0. The number of aromatic nitrogens is 3. The Morgan fingerprint density at radius 2 is 1.57 bits per heavy atom.